The third-order valence-electron chi connectivity index (χ3n) is 3.47. The third-order valence-corrected chi connectivity index (χ3v) is 3.47. The van der Waals surface area contributed by atoms with E-state index in [9.17, 15) is 9.59 Å². The molecule has 6 heteroatoms. The maximum Gasteiger partial charge on any atom is 0.272 e. The average molecular weight is 312 g/mol. The fourth-order valence-electron chi connectivity index (χ4n) is 2.13. The maximum absolute atomic E-state index is 12.3. The van der Waals surface area contributed by atoms with Crippen LogP contribution in [0.4, 0.5) is 11.6 Å². The highest BCUT2D eigenvalue weighted by Crippen LogP contribution is 2.15. The predicted molar refractivity (Wildman–Crippen MR) is 89.0 cm³/mol. The van der Waals surface area contributed by atoms with Gasteiger partial charge in [0.1, 0.15) is 5.69 Å². The second kappa shape index (κ2) is 7.49. The van der Waals surface area contributed by atoms with Crippen molar-refractivity contribution in [2.24, 2.45) is 0 Å². The summed E-state index contributed by atoms with van der Waals surface area (Å²) in [5.41, 5.74) is 1.75. The molecule has 1 aromatic carbocycles. The van der Waals surface area contributed by atoms with Gasteiger partial charge in [-0.1, -0.05) is 0 Å². The topological polar surface area (TPSA) is 75.2 Å². The van der Waals surface area contributed by atoms with E-state index in [-0.39, 0.29) is 11.7 Å². The third kappa shape index (κ3) is 4.12. The van der Waals surface area contributed by atoms with Gasteiger partial charge in [-0.15, -0.1) is 0 Å². The van der Waals surface area contributed by atoms with Crippen LogP contribution in [-0.2, 0) is 0 Å². The summed E-state index contributed by atoms with van der Waals surface area (Å²) in [4.78, 5) is 33.7. The second-order valence-electron chi connectivity index (χ2n) is 5.00. The molecular formula is C17H20N4O2. The molecule has 0 atom stereocenters. The van der Waals surface area contributed by atoms with Crippen molar-refractivity contribution in [1.29, 1.82) is 0 Å². The Bertz CT molecular complexity index is 694. The number of nitrogens with zero attached hydrogens (tertiary/aromatic N) is 3. The molecular weight excluding hydrogens is 292 g/mol. The number of carbonyl (C=O) groups is 2. The van der Waals surface area contributed by atoms with Crippen LogP contribution >= 0.6 is 0 Å². The van der Waals surface area contributed by atoms with Crippen molar-refractivity contribution in [2.75, 3.05) is 18.4 Å². The van der Waals surface area contributed by atoms with Gasteiger partial charge in [0.15, 0.2) is 5.78 Å². The summed E-state index contributed by atoms with van der Waals surface area (Å²) in [6.07, 6.45) is 1.55. The molecule has 1 aromatic heterocycles. The van der Waals surface area contributed by atoms with Crippen molar-refractivity contribution < 1.29 is 9.59 Å². The SMILES string of the molecule is CCN(CC)C(=O)c1ccnc(Nc2ccc(C(C)=O)cc2)n1. The first-order valence-corrected chi connectivity index (χ1v) is 7.55. The highest BCUT2D eigenvalue weighted by Gasteiger charge is 2.14. The molecule has 0 spiro atoms. The number of benzene rings is 1. The Kier molecular flexibility index (Phi) is 5.41. The van der Waals surface area contributed by atoms with Crippen LogP contribution in [0.5, 0.6) is 0 Å². The molecule has 1 amide bonds. The Morgan fingerprint density at radius 3 is 2.30 bits per heavy atom. The molecule has 0 saturated carbocycles. The lowest BCUT2D eigenvalue weighted by atomic mass is 10.1. The molecule has 0 fully saturated rings. The normalized spacial score (nSPS) is 10.2. The zero-order valence-electron chi connectivity index (χ0n) is 13.5. The van der Waals surface area contributed by atoms with E-state index in [0.29, 0.717) is 30.3 Å². The van der Waals surface area contributed by atoms with Crippen LogP contribution in [0.1, 0.15) is 41.6 Å². The minimum atomic E-state index is -0.118. The van der Waals surface area contributed by atoms with E-state index in [2.05, 4.69) is 15.3 Å². The van der Waals surface area contributed by atoms with Crippen LogP contribution in [0.25, 0.3) is 0 Å². The van der Waals surface area contributed by atoms with E-state index in [1.54, 1.807) is 41.4 Å². The standard InChI is InChI=1S/C17H20N4O2/c1-4-21(5-2)16(23)15-10-11-18-17(20-15)19-14-8-6-13(7-9-14)12(3)22/h6-11H,4-5H2,1-3H3,(H,18,19,20). The van der Waals surface area contributed by atoms with Gasteiger partial charge in [0.25, 0.3) is 5.91 Å². The minimum absolute atomic E-state index is 0.0135. The first-order valence-electron chi connectivity index (χ1n) is 7.55. The fourth-order valence-corrected chi connectivity index (χ4v) is 2.13. The number of hydrogen-bond acceptors (Lipinski definition) is 5. The highest BCUT2D eigenvalue weighted by atomic mass is 16.2. The molecule has 0 aliphatic heterocycles. The molecule has 0 unspecified atom stereocenters. The van der Waals surface area contributed by atoms with Gasteiger partial charge in [-0.25, -0.2) is 9.97 Å². The van der Waals surface area contributed by atoms with Gasteiger partial charge in [0.2, 0.25) is 5.95 Å². The first-order chi connectivity index (χ1) is 11.0. The van der Waals surface area contributed by atoms with Crippen molar-refractivity contribution >= 4 is 23.3 Å². The largest absolute Gasteiger partial charge is 0.338 e. The fraction of sp³-hybridized carbons (Fsp3) is 0.294. The van der Waals surface area contributed by atoms with Crippen molar-refractivity contribution in [3.05, 3.63) is 47.8 Å². The second-order valence-corrected chi connectivity index (χ2v) is 5.00. The molecule has 0 aliphatic rings. The van der Waals surface area contributed by atoms with E-state index in [1.165, 1.54) is 6.92 Å². The number of aromatic nitrogens is 2. The molecule has 2 aromatic rings. The maximum atomic E-state index is 12.3. The Hall–Kier alpha value is -2.76. The van der Waals surface area contributed by atoms with E-state index in [0.717, 1.165) is 5.69 Å². The Morgan fingerprint density at radius 2 is 1.74 bits per heavy atom. The first kappa shape index (κ1) is 16.6. The van der Waals surface area contributed by atoms with Crippen molar-refractivity contribution in [3.63, 3.8) is 0 Å². The van der Waals surface area contributed by atoms with Gasteiger partial charge < -0.3 is 10.2 Å². The van der Waals surface area contributed by atoms with Gasteiger partial charge in [-0.05, 0) is 51.1 Å². The van der Waals surface area contributed by atoms with Gasteiger partial charge in [-0.2, -0.15) is 0 Å². The summed E-state index contributed by atoms with van der Waals surface area (Å²) in [7, 11) is 0. The molecule has 0 radical (unpaired) electrons. The quantitative estimate of drug-likeness (QED) is 0.830. The number of hydrogen-bond donors (Lipinski definition) is 1. The Morgan fingerprint density at radius 1 is 1.09 bits per heavy atom. The Balaban J connectivity index is 2.16. The van der Waals surface area contributed by atoms with Crippen LogP contribution in [-0.4, -0.2) is 39.6 Å². The highest BCUT2D eigenvalue weighted by molar-refractivity contribution is 5.94. The minimum Gasteiger partial charge on any atom is -0.338 e. The molecule has 23 heavy (non-hydrogen) atoms. The van der Waals surface area contributed by atoms with Crippen molar-refractivity contribution in [2.45, 2.75) is 20.8 Å². The summed E-state index contributed by atoms with van der Waals surface area (Å²) in [5.74, 6) is 0.241. The van der Waals surface area contributed by atoms with E-state index < -0.39 is 0 Å². The lowest BCUT2D eigenvalue weighted by Crippen LogP contribution is -2.31. The van der Waals surface area contributed by atoms with Crippen LogP contribution in [0.15, 0.2) is 36.5 Å². The summed E-state index contributed by atoms with van der Waals surface area (Å²) in [6, 6.07) is 8.62. The van der Waals surface area contributed by atoms with Crippen LogP contribution in [0, 0.1) is 0 Å². The number of amides is 1. The number of ketones is 1. The summed E-state index contributed by atoms with van der Waals surface area (Å²) in [6.45, 7) is 6.65. The summed E-state index contributed by atoms with van der Waals surface area (Å²) in [5, 5.41) is 3.04. The molecule has 0 bridgehead atoms. The van der Waals surface area contributed by atoms with Gasteiger partial charge in [-0.3, -0.25) is 9.59 Å². The molecule has 2 rings (SSSR count). The van der Waals surface area contributed by atoms with Crippen LogP contribution < -0.4 is 5.32 Å². The number of Topliss-reactive ketones (excluding diaryl/α,β-unsaturated/α-hetero) is 1. The van der Waals surface area contributed by atoms with Gasteiger partial charge in [0.05, 0.1) is 0 Å². The average Bonchev–Trinajstić information content (AvgIpc) is 2.56. The Labute approximate surface area is 135 Å². The number of nitrogens with one attached hydrogen (secondary N) is 1. The monoisotopic (exact) mass is 312 g/mol. The lowest BCUT2D eigenvalue weighted by molar-refractivity contribution is 0.0767. The zero-order valence-corrected chi connectivity index (χ0v) is 13.5. The molecule has 120 valence electrons. The zero-order chi connectivity index (χ0) is 16.8. The molecule has 1 N–H and O–H groups in total. The summed E-state index contributed by atoms with van der Waals surface area (Å²) < 4.78 is 0. The smallest absolute Gasteiger partial charge is 0.272 e. The predicted octanol–water partition coefficient (Wildman–Crippen LogP) is 2.90. The molecule has 0 aliphatic carbocycles. The molecule has 6 nitrogen and oxygen atoms in total. The van der Waals surface area contributed by atoms with Gasteiger partial charge in [0, 0.05) is 30.5 Å². The lowest BCUT2D eigenvalue weighted by Gasteiger charge is -2.18. The molecule has 1 heterocycles. The summed E-state index contributed by atoms with van der Waals surface area (Å²) >= 11 is 0. The van der Waals surface area contributed by atoms with Crippen LogP contribution in [0.3, 0.4) is 0 Å². The molecule has 0 saturated heterocycles. The van der Waals surface area contributed by atoms with E-state index in [1.807, 2.05) is 13.8 Å². The van der Waals surface area contributed by atoms with Gasteiger partial charge >= 0.3 is 0 Å². The number of carbonyl (C=O) groups excluding carboxylic acids is 2. The number of rotatable bonds is 6. The van der Waals surface area contributed by atoms with Crippen molar-refractivity contribution in [3.8, 4) is 0 Å². The van der Waals surface area contributed by atoms with E-state index in [4.69, 9.17) is 0 Å². The van der Waals surface area contributed by atoms with E-state index >= 15 is 0 Å². The van der Waals surface area contributed by atoms with Crippen LogP contribution in [0.2, 0.25) is 0 Å². The van der Waals surface area contributed by atoms with Crippen molar-refractivity contribution in [1.82, 2.24) is 14.9 Å². The number of anilines is 2.